The van der Waals surface area contributed by atoms with Gasteiger partial charge in [0.1, 0.15) is 5.82 Å². The van der Waals surface area contributed by atoms with E-state index in [-0.39, 0.29) is 22.4 Å². The molecule has 1 aromatic carbocycles. The molecule has 0 aliphatic heterocycles. The van der Waals surface area contributed by atoms with Crippen molar-refractivity contribution in [3.63, 3.8) is 0 Å². The molecule has 0 atom stereocenters. The van der Waals surface area contributed by atoms with Crippen LogP contribution in [0.5, 0.6) is 0 Å². The van der Waals surface area contributed by atoms with Crippen LogP contribution in [0.1, 0.15) is 30.4 Å². The van der Waals surface area contributed by atoms with Crippen molar-refractivity contribution >= 4 is 19.7 Å². The average molecular weight is 289 g/mol. The first kappa shape index (κ1) is 12.4. The first-order valence-electron chi connectivity index (χ1n) is 5.93. The topological polar surface area (TPSA) is 34.1 Å². The summed E-state index contributed by atoms with van der Waals surface area (Å²) in [6.45, 7) is 1.86. The molecule has 3 fully saturated rings. The highest BCUT2D eigenvalue weighted by molar-refractivity contribution is 8.13. The number of benzene rings is 1. The number of halogens is 2. The van der Waals surface area contributed by atoms with Crippen LogP contribution in [-0.4, -0.2) is 14.2 Å². The van der Waals surface area contributed by atoms with Crippen LogP contribution in [-0.2, 0) is 14.5 Å². The molecule has 0 unspecified atom stereocenters. The number of hydrogen-bond donors (Lipinski definition) is 0. The van der Waals surface area contributed by atoms with Gasteiger partial charge in [-0.1, -0.05) is 12.1 Å². The second-order valence-electron chi connectivity index (χ2n) is 5.98. The van der Waals surface area contributed by atoms with Crippen molar-refractivity contribution in [2.24, 2.45) is 5.41 Å². The summed E-state index contributed by atoms with van der Waals surface area (Å²) in [7, 11) is 1.84. The van der Waals surface area contributed by atoms with Crippen molar-refractivity contribution in [3.05, 3.63) is 35.1 Å². The predicted octanol–water partition coefficient (Wildman–Crippen LogP) is 3.12. The van der Waals surface area contributed by atoms with E-state index in [1.54, 1.807) is 6.07 Å². The fourth-order valence-corrected chi connectivity index (χ4v) is 5.58. The van der Waals surface area contributed by atoms with Gasteiger partial charge in [0.15, 0.2) is 0 Å². The molecule has 0 N–H and O–H groups in total. The Hall–Kier alpha value is -0.610. The number of aryl methyl sites for hydroxylation is 1. The molecule has 5 heteroatoms. The van der Waals surface area contributed by atoms with Gasteiger partial charge in [-0.3, -0.25) is 0 Å². The normalized spacial score (nSPS) is 33.7. The summed E-state index contributed by atoms with van der Waals surface area (Å²) in [6.07, 6.45) is 2.23. The molecule has 0 heterocycles. The van der Waals surface area contributed by atoms with Gasteiger partial charge in [-0.05, 0) is 54.2 Å². The van der Waals surface area contributed by atoms with E-state index < -0.39 is 9.05 Å². The van der Waals surface area contributed by atoms with E-state index in [9.17, 15) is 12.8 Å². The molecule has 4 rings (SSSR count). The lowest BCUT2D eigenvalue weighted by molar-refractivity contribution is -0.123. The number of hydrogen-bond acceptors (Lipinski definition) is 2. The van der Waals surface area contributed by atoms with Crippen LogP contribution < -0.4 is 0 Å². The second-order valence-corrected chi connectivity index (χ2v) is 8.75. The van der Waals surface area contributed by atoms with Crippen LogP contribution in [0.2, 0.25) is 0 Å². The molecule has 0 spiro atoms. The summed E-state index contributed by atoms with van der Waals surface area (Å²) < 4.78 is 36.1. The van der Waals surface area contributed by atoms with Gasteiger partial charge in [-0.15, -0.1) is 0 Å². The Morgan fingerprint density at radius 2 is 1.94 bits per heavy atom. The summed E-state index contributed by atoms with van der Waals surface area (Å²) in [5.74, 6) is -0.145. The van der Waals surface area contributed by atoms with Crippen molar-refractivity contribution in [2.45, 2.75) is 31.6 Å². The molecular formula is C13H14ClFO2S. The van der Waals surface area contributed by atoms with E-state index >= 15 is 0 Å². The molecule has 3 aliphatic rings. The third-order valence-electron chi connectivity index (χ3n) is 4.31. The minimum atomic E-state index is -3.45. The van der Waals surface area contributed by atoms with Gasteiger partial charge in [0, 0.05) is 10.7 Å². The number of rotatable bonds is 3. The van der Waals surface area contributed by atoms with Gasteiger partial charge in [-0.25, -0.2) is 12.8 Å². The maximum Gasteiger partial charge on any atom is 0.233 e. The van der Waals surface area contributed by atoms with E-state index in [1.165, 1.54) is 0 Å². The van der Waals surface area contributed by atoms with E-state index in [0.717, 1.165) is 30.4 Å². The highest BCUT2D eigenvalue weighted by atomic mass is 35.7. The fraction of sp³-hybridized carbons (Fsp3) is 0.538. The first-order valence-corrected chi connectivity index (χ1v) is 8.41. The Morgan fingerprint density at radius 3 is 2.44 bits per heavy atom. The highest BCUT2D eigenvalue weighted by Crippen LogP contribution is 2.74. The fourth-order valence-electron chi connectivity index (χ4n) is 3.85. The minimum absolute atomic E-state index is 0.0246. The van der Waals surface area contributed by atoms with Gasteiger partial charge in [0.05, 0.1) is 5.75 Å². The summed E-state index contributed by atoms with van der Waals surface area (Å²) in [5, 5.41) is 0. The predicted molar refractivity (Wildman–Crippen MR) is 68.7 cm³/mol. The molecule has 2 nitrogen and oxygen atoms in total. The van der Waals surface area contributed by atoms with Crippen LogP contribution in [0.3, 0.4) is 0 Å². The highest BCUT2D eigenvalue weighted by Gasteiger charge is 2.69. The van der Waals surface area contributed by atoms with Crippen LogP contribution in [0.15, 0.2) is 18.2 Å². The Morgan fingerprint density at radius 1 is 1.33 bits per heavy atom. The minimum Gasteiger partial charge on any atom is -0.212 e. The first-order chi connectivity index (χ1) is 8.24. The summed E-state index contributed by atoms with van der Waals surface area (Å²) in [4.78, 5) is 0. The monoisotopic (exact) mass is 288 g/mol. The van der Waals surface area contributed by atoms with Crippen LogP contribution in [0.25, 0.3) is 0 Å². The zero-order chi connectivity index (χ0) is 13.2. The van der Waals surface area contributed by atoms with Gasteiger partial charge in [0.2, 0.25) is 9.05 Å². The standard InChI is InChI=1S/C13H14ClFO2S/c1-9-2-3-10(11(15)4-9)13-5-12(6-13,7-13)8-18(14,16)17/h2-4H,5-8H2,1H3. The Kier molecular flexibility index (Phi) is 2.40. The lowest BCUT2D eigenvalue weighted by Gasteiger charge is -2.71. The molecule has 3 saturated carbocycles. The maximum absolute atomic E-state index is 13.9. The zero-order valence-electron chi connectivity index (χ0n) is 10.0. The summed E-state index contributed by atoms with van der Waals surface area (Å²) in [6, 6.07) is 5.29. The van der Waals surface area contributed by atoms with Crippen molar-refractivity contribution in [2.75, 3.05) is 5.75 Å². The molecule has 2 bridgehead atoms. The molecule has 1 aromatic rings. The van der Waals surface area contributed by atoms with Crippen LogP contribution in [0.4, 0.5) is 4.39 Å². The van der Waals surface area contributed by atoms with Gasteiger partial charge in [-0.2, -0.15) is 0 Å². The van der Waals surface area contributed by atoms with Crippen molar-refractivity contribution in [3.8, 4) is 0 Å². The van der Waals surface area contributed by atoms with Crippen LogP contribution >= 0.6 is 10.7 Å². The van der Waals surface area contributed by atoms with Gasteiger partial charge < -0.3 is 0 Å². The molecular weight excluding hydrogens is 275 g/mol. The third kappa shape index (κ3) is 1.77. The molecule has 0 radical (unpaired) electrons. The smallest absolute Gasteiger partial charge is 0.212 e. The maximum atomic E-state index is 13.9. The average Bonchev–Trinajstić information content (AvgIpc) is 2.08. The van der Waals surface area contributed by atoms with Gasteiger partial charge in [0.25, 0.3) is 0 Å². The van der Waals surface area contributed by atoms with Crippen molar-refractivity contribution in [1.29, 1.82) is 0 Å². The van der Waals surface area contributed by atoms with Crippen molar-refractivity contribution in [1.82, 2.24) is 0 Å². The van der Waals surface area contributed by atoms with E-state index in [1.807, 2.05) is 19.1 Å². The summed E-state index contributed by atoms with van der Waals surface area (Å²) >= 11 is 0. The van der Waals surface area contributed by atoms with E-state index in [2.05, 4.69) is 0 Å². The van der Waals surface area contributed by atoms with Crippen molar-refractivity contribution < 1.29 is 12.8 Å². The molecule has 18 heavy (non-hydrogen) atoms. The van der Waals surface area contributed by atoms with Gasteiger partial charge >= 0.3 is 0 Å². The van der Waals surface area contributed by atoms with E-state index in [4.69, 9.17) is 10.7 Å². The zero-order valence-corrected chi connectivity index (χ0v) is 11.6. The lowest BCUT2D eigenvalue weighted by Crippen LogP contribution is -2.66. The SMILES string of the molecule is Cc1ccc(C23CC(CS(=O)(=O)Cl)(C2)C3)c(F)c1. The second kappa shape index (κ2) is 3.48. The lowest BCUT2D eigenvalue weighted by atomic mass is 9.34. The molecule has 98 valence electrons. The summed E-state index contributed by atoms with van der Waals surface area (Å²) in [5.41, 5.74) is 1.33. The molecule has 0 saturated heterocycles. The van der Waals surface area contributed by atoms with E-state index in [0.29, 0.717) is 0 Å². The Labute approximate surface area is 111 Å². The molecule has 0 aromatic heterocycles. The quantitative estimate of drug-likeness (QED) is 0.801. The molecule has 0 amide bonds. The van der Waals surface area contributed by atoms with Crippen LogP contribution in [0, 0.1) is 18.2 Å². The molecule has 3 aliphatic carbocycles. The Balaban J connectivity index is 1.80. The largest absolute Gasteiger partial charge is 0.233 e. The third-order valence-corrected chi connectivity index (χ3v) is 5.60. The Bertz CT molecular complexity index is 604.